The SMILES string of the molecule is CC1(C)[C@@H]2CC3OB([C@H](Cc4ccccc4)NC(=O)[C@H](Cc4ccccc4)NC(=O)C4CCc5ccccc5C4)O[C@@]3(C)[C@H]1C2. The fourth-order valence-corrected chi connectivity index (χ4v) is 8.71. The quantitative estimate of drug-likeness (QED) is 0.316. The van der Waals surface area contributed by atoms with E-state index in [9.17, 15) is 9.59 Å². The Kier molecular flexibility index (Phi) is 8.11. The summed E-state index contributed by atoms with van der Waals surface area (Å²) in [6.45, 7) is 6.92. The largest absolute Gasteiger partial charge is 0.482 e. The second-order valence-corrected chi connectivity index (χ2v) is 14.6. The molecule has 45 heavy (non-hydrogen) atoms. The fraction of sp³-hybridized carbons (Fsp3) is 0.474. The Morgan fingerprint density at radius 1 is 0.844 bits per heavy atom. The standard InChI is InChI=1S/C38H45BN2O4/c1-37(2)30-23-32(37)38(3)33(24-30)44-39(45-38)34(21-26-14-8-5-9-15-26)41-36(43)31(20-25-12-6-4-7-13-25)40-35(42)29-19-18-27-16-10-11-17-28(27)22-29/h4-17,29-34H,18-24H2,1-3H3,(H,40,42)(H,41,43)/t29?,30-,31-,32-,33?,34-,38-/m0/s1. The van der Waals surface area contributed by atoms with Crippen molar-refractivity contribution in [1.82, 2.24) is 10.6 Å². The van der Waals surface area contributed by atoms with Gasteiger partial charge in [-0.05, 0) is 85.0 Å². The van der Waals surface area contributed by atoms with Crippen molar-refractivity contribution in [3.8, 4) is 0 Å². The van der Waals surface area contributed by atoms with E-state index in [1.807, 2.05) is 54.6 Å². The maximum absolute atomic E-state index is 14.3. The summed E-state index contributed by atoms with van der Waals surface area (Å²) in [6, 6.07) is 27.7. The molecule has 6 nitrogen and oxygen atoms in total. The van der Waals surface area contributed by atoms with Gasteiger partial charge in [0.1, 0.15) is 6.04 Å². The van der Waals surface area contributed by atoms with Crippen LogP contribution in [0, 0.1) is 23.2 Å². The topological polar surface area (TPSA) is 76.7 Å². The first-order valence-corrected chi connectivity index (χ1v) is 16.8. The van der Waals surface area contributed by atoms with E-state index in [4.69, 9.17) is 9.31 Å². The zero-order valence-electron chi connectivity index (χ0n) is 26.7. The van der Waals surface area contributed by atoms with Crippen LogP contribution in [0.2, 0.25) is 0 Å². The van der Waals surface area contributed by atoms with Gasteiger partial charge in [0.2, 0.25) is 11.8 Å². The number of fused-ring (bicyclic) bond motifs is 1. The molecule has 2 N–H and O–H groups in total. The highest BCUT2D eigenvalue weighted by Gasteiger charge is 2.68. The van der Waals surface area contributed by atoms with E-state index in [0.717, 1.165) is 30.4 Å². The zero-order valence-corrected chi connectivity index (χ0v) is 26.7. The summed E-state index contributed by atoms with van der Waals surface area (Å²) in [5, 5.41) is 6.50. The smallest absolute Gasteiger partial charge is 0.404 e. The van der Waals surface area contributed by atoms with Gasteiger partial charge < -0.3 is 19.9 Å². The molecule has 4 aliphatic carbocycles. The summed E-state index contributed by atoms with van der Waals surface area (Å²) < 4.78 is 13.5. The van der Waals surface area contributed by atoms with Crippen LogP contribution in [0.25, 0.3) is 0 Å². The second kappa shape index (κ2) is 12.1. The second-order valence-electron chi connectivity index (χ2n) is 14.6. The summed E-state index contributed by atoms with van der Waals surface area (Å²) in [4.78, 5) is 28.0. The molecule has 7 heteroatoms. The molecule has 1 saturated heterocycles. The molecule has 3 aromatic rings. The first-order chi connectivity index (χ1) is 21.7. The van der Waals surface area contributed by atoms with Crippen molar-refractivity contribution < 1.29 is 18.9 Å². The third-order valence-electron chi connectivity index (χ3n) is 11.6. The molecule has 1 heterocycles. The number of benzene rings is 3. The normalized spacial score (nSPS) is 29.0. The summed E-state index contributed by atoms with van der Waals surface area (Å²) in [5.74, 6) is 0.236. The van der Waals surface area contributed by atoms with E-state index in [2.05, 4.69) is 61.7 Å². The van der Waals surface area contributed by atoms with E-state index in [1.54, 1.807) is 0 Å². The third-order valence-corrected chi connectivity index (χ3v) is 11.6. The summed E-state index contributed by atoms with van der Waals surface area (Å²) in [5.41, 5.74) is 4.49. The number of carbonyl (C=O) groups is 2. The third kappa shape index (κ3) is 5.86. The molecule has 234 valence electrons. The van der Waals surface area contributed by atoms with Crippen molar-refractivity contribution in [2.24, 2.45) is 23.2 Å². The molecule has 8 rings (SSSR count). The van der Waals surface area contributed by atoms with Crippen LogP contribution in [-0.2, 0) is 44.6 Å². The van der Waals surface area contributed by atoms with Gasteiger partial charge in [0.25, 0.3) is 0 Å². The van der Waals surface area contributed by atoms with Crippen LogP contribution in [-0.4, -0.2) is 42.6 Å². The molecule has 0 aromatic heterocycles. The van der Waals surface area contributed by atoms with Gasteiger partial charge in [-0.3, -0.25) is 9.59 Å². The van der Waals surface area contributed by atoms with E-state index in [0.29, 0.717) is 31.1 Å². The van der Waals surface area contributed by atoms with Gasteiger partial charge in [0.05, 0.1) is 17.6 Å². The Balaban J connectivity index is 1.11. The first-order valence-electron chi connectivity index (χ1n) is 16.8. The molecule has 7 atom stereocenters. The van der Waals surface area contributed by atoms with Gasteiger partial charge in [-0.15, -0.1) is 0 Å². The number of hydrogen-bond acceptors (Lipinski definition) is 4. The average Bonchev–Trinajstić information content (AvgIpc) is 3.42. The minimum absolute atomic E-state index is 0.0171. The Morgan fingerprint density at radius 2 is 1.49 bits per heavy atom. The number of rotatable bonds is 9. The van der Waals surface area contributed by atoms with Crippen LogP contribution in [0.1, 0.15) is 62.3 Å². The maximum atomic E-state index is 14.3. The van der Waals surface area contributed by atoms with Gasteiger partial charge in [-0.2, -0.15) is 0 Å². The Bertz CT molecular complexity index is 1530. The highest BCUT2D eigenvalue weighted by atomic mass is 16.7. The van der Waals surface area contributed by atoms with E-state index in [1.165, 1.54) is 17.5 Å². The Morgan fingerprint density at radius 3 is 2.18 bits per heavy atom. The van der Waals surface area contributed by atoms with Crippen molar-refractivity contribution in [2.75, 3.05) is 0 Å². The van der Waals surface area contributed by atoms with Gasteiger partial charge in [0, 0.05) is 12.3 Å². The van der Waals surface area contributed by atoms with Crippen molar-refractivity contribution in [2.45, 2.75) is 89.4 Å². The molecule has 2 bridgehead atoms. The van der Waals surface area contributed by atoms with Crippen LogP contribution in [0.3, 0.4) is 0 Å². The molecular weight excluding hydrogens is 559 g/mol. The van der Waals surface area contributed by atoms with Crippen LogP contribution >= 0.6 is 0 Å². The van der Waals surface area contributed by atoms with Gasteiger partial charge >= 0.3 is 7.12 Å². The predicted octanol–water partition coefficient (Wildman–Crippen LogP) is 5.51. The minimum Gasteiger partial charge on any atom is -0.404 e. The van der Waals surface area contributed by atoms with E-state index < -0.39 is 19.1 Å². The number of carbonyl (C=O) groups excluding carboxylic acids is 2. The highest BCUT2D eigenvalue weighted by molar-refractivity contribution is 6.48. The number of nitrogens with one attached hydrogen (secondary N) is 2. The lowest BCUT2D eigenvalue weighted by Gasteiger charge is -2.64. The summed E-state index contributed by atoms with van der Waals surface area (Å²) in [6.07, 6.45) is 5.50. The van der Waals surface area contributed by atoms with Crippen LogP contribution in [0.15, 0.2) is 84.9 Å². The molecule has 5 aliphatic rings. The van der Waals surface area contributed by atoms with E-state index in [-0.39, 0.29) is 34.9 Å². The lowest BCUT2D eigenvalue weighted by molar-refractivity contribution is -0.199. The van der Waals surface area contributed by atoms with Crippen molar-refractivity contribution >= 4 is 18.9 Å². The fourth-order valence-electron chi connectivity index (χ4n) is 8.71. The van der Waals surface area contributed by atoms with Crippen molar-refractivity contribution in [3.63, 3.8) is 0 Å². The lowest BCUT2D eigenvalue weighted by atomic mass is 9.43. The molecular formula is C38H45BN2O4. The highest BCUT2D eigenvalue weighted by Crippen LogP contribution is 2.65. The van der Waals surface area contributed by atoms with Crippen LogP contribution < -0.4 is 10.6 Å². The number of hydrogen-bond donors (Lipinski definition) is 2. The van der Waals surface area contributed by atoms with Crippen LogP contribution in [0.5, 0.6) is 0 Å². The first kappa shape index (κ1) is 30.3. The average molecular weight is 605 g/mol. The molecule has 0 spiro atoms. The Labute approximate surface area is 267 Å². The van der Waals surface area contributed by atoms with Crippen molar-refractivity contribution in [3.05, 3.63) is 107 Å². The molecule has 4 fully saturated rings. The lowest BCUT2D eigenvalue weighted by Crippen LogP contribution is -2.65. The molecule has 3 saturated carbocycles. The van der Waals surface area contributed by atoms with Gasteiger partial charge in [-0.1, -0.05) is 98.8 Å². The van der Waals surface area contributed by atoms with Crippen LogP contribution in [0.4, 0.5) is 0 Å². The summed E-state index contributed by atoms with van der Waals surface area (Å²) in [7, 11) is -0.567. The molecule has 0 radical (unpaired) electrons. The predicted molar refractivity (Wildman–Crippen MR) is 176 cm³/mol. The van der Waals surface area contributed by atoms with Gasteiger partial charge in [0.15, 0.2) is 0 Å². The number of aryl methyl sites for hydroxylation is 1. The molecule has 1 aliphatic heterocycles. The summed E-state index contributed by atoms with van der Waals surface area (Å²) >= 11 is 0. The molecule has 2 amide bonds. The maximum Gasteiger partial charge on any atom is 0.482 e. The van der Waals surface area contributed by atoms with E-state index >= 15 is 0 Å². The zero-order chi connectivity index (χ0) is 31.2. The molecule has 3 aromatic carbocycles. The monoisotopic (exact) mass is 604 g/mol. The minimum atomic E-state index is -0.721. The molecule has 2 unspecified atom stereocenters. The van der Waals surface area contributed by atoms with Gasteiger partial charge in [-0.25, -0.2) is 0 Å². The number of amides is 2. The Hall–Kier alpha value is -3.42. The van der Waals surface area contributed by atoms with Crippen molar-refractivity contribution in [1.29, 1.82) is 0 Å².